The Labute approximate surface area is 126 Å². The van der Waals surface area contributed by atoms with Crippen molar-refractivity contribution in [3.05, 3.63) is 23.9 Å². The first-order valence-electron chi connectivity index (χ1n) is 7.41. The molecule has 1 saturated heterocycles. The number of aryl methyl sites for hydroxylation is 1. The lowest BCUT2D eigenvalue weighted by Crippen LogP contribution is -2.46. The third kappa shape index (κ3) is 4.92. The van der Waals surface area contributed by atoms with E-state index in [1.807, 2.05) is 39.8 Å². The Hall–Kier alpha value is -1.78. The molecule has 1 atom stereocenters. The van der Waals surface area contributed by atoms with Crippen LogP contribution in [0.15, 0.2) is 18.3 Å². The fraction of sp³-hybridized carbons (Fsp3) is 0.625. The van der Waals surface area contributed by atoms with E-state index in [0.29, 0.717) is 12.4 Å². The van der Waals surface area contributed by atoms with Crippen molar-refractivity contribution in [1.29, 1.82) is 0 Å². The van der Waals surface area contributed by atoms with Gasteiger partial charge in [0.05, 0.1) is 6.54 Å². The molecule has 1 amide bonds. The topological polar surface area (TPSA) is 51.7 Å². The normalized spacial score (nSPS) is 19.2. The van der Waals surface area contributed by atoms with Gasteiger partial charge in [-0.3, -0.25) is 0 Å². The van der Waals surface area contributed by atoms with E-state index in [0.717, 1.165) is 24.9 Å². The summed E-state index contributed by atoms with van der Waals surface area (Å²) in [4.78, 5) is 18.0. The van der Waals surface area contributed by atoms with Crippen molar-refractivity contribution < 1.29 is 14.3 Å². The Morgan fingerprint density at radius 3 is 2.86 bits per heavy atom. The summed E-state index contributed by atoms with van der Waals surface area (Å²) in [5.41, 5.74) is 0.642. The molecule has 0 aromatic carbocycles. The molecule has 0 saturated carbocycles. The Morgan fingerprint density at radius 2 is 2.19 bits per heavy atom. The summed E-state index contributed by atoms with van der Waals surface area (Å²) in [5, 5.41) is 0. The number of hydrogen-bond acceptors (Lipinski definition) is 4. The van der Waals surface area contributed by atoms with Crippen LogP contribution in [0.3, 0.4) is 0 Å². The number of hydrogen-bond donors (Lipinski definition) is 0. The van der Waals surface area contributed by atoms with Crippen LogP contribution >= 0.6 is 0 Å². The molecule has 0 spiro atoms. The minimum atomic E-state index is -0.469. The van der Waals surface area contributed by atoms with Gasteiger partial charge in [-0.2, -0.15) is 0 Å². The standard InChI is InChI=1S/C16H24N2O3/c1-12-7-8-17-14(10-12)20-13-6-5-9-18(11-13)15(19)21-16(2,3)4/h7-8,10,13H,5-6,9,11H2,1-4H3. The fourth-order valence-electron chi connectivity index (χ4n) is 2.27. The molecular formula is C16H24N2O3. The molecule has 1 aromatic rings. The van der Waals surface area contributed by atoms with Crippen LogP contribution in [0, 0.1) is 6.92 Å². The van der Waals surface area contributed by atoms with Gasteiger partial charge in [-0.1, -0.05) is 0 Å². The number of amides is 1. The summed E-state index contributed by atoms with van der Waals surface area (Å²) in [7, 11) is 0. The smallest absolute Gasteiger partial charge is 0.410 e. The number of likely N-dealkylation sites (tertiary alicyclic amines) is 1. The Balaban J connectivity index is 1.93. The van der Waals surface area contributed by atoms with Gasteiger partial charge in [-0.25, -0.2) is 9.78 Å². The number of aromatic nitrogens is 1. The first-order chi connectivity index (χ1) is 9.83. The molecule has 1 aliphatic heterocycles. The molecule has 2 rings (SSSR count). The van der Waals surface area contributed by atoms with Crippen LogP contribution in [0.1, 0.15) is 39.2 Å². The van der Waals surface area contributed by atoms with E-state index in [1.165, 1.54) is 0 Å². The van der Waals surface area contributed by atoms with E-state index in [9.17, 15) is 4.79 Å². The predicted octanol–water partition coefficient (Wildman–Crippen LogP) is 3.17. The molecule has 1 aliphatic rings. The number of carbonyl (C=O) groups excluding carboxylic acids is 1. The highest BCUT2D eigenvalue weighted by molar-refractivity contribution is 5.68. The highest BCUT2D eigenvalue weighted by atomic mass is 16.6. The maximum absolute atomic E-state index is 12.1. The van der Waals surface area contributed by atoms with Gasteiger partial charge < -0.3 is 14.4 Å². The SMILES string of the molecule is Cc1ccnc(OC2CCCN(C(=O)OC(C)(C)C)C2)c1. The van der Waals surface area contributed by atoms with Crippen molar-refractivity contribution in [2.45, 2.75) is 52.2 Å². The quantitative estimate of drug-likeness (QED) is 0.840. The zero-order valence-electron chi connectivity index (χ0n) is 13.3. The second-order valence-corrected chi connectivity index (χ2v) is 6.48. The van der Waals surface area contributed by atoms with Gasteiger partial charge in [-0.15, -0.1) is 0 Å². The third-order valence-electron chi connectivity index (χ3n) is 3.21. The lowest BCUT2D eigenvalue weighted by atomic mass is 10.1. The molecular weight excluding hydrogens is 268 g/mol. The van der Waals surface area contributed by atoms with E-state index in [1.54, 1.807) is 11.1 Å². The number of rotatable bonds is 2. The number of nitrogens with zero attached hydrogens (tertiary/aromatic N) is 2. The van der Waals surface area contributed by atoms with Crippen LogP contribution in [0.4, 0.5) is 4.79 Å². The first-order valence-corrected chi connectivity index (χ1v) is 7.41. The van der Waals surface area contributed by atoms with Crippen molar-refractivity contribution in [3.8, 4) is 5.88 Å². The van der Waals surface area contributed by atoms with Crippen LogP contribution in [0.25, 0.3) is 0 Å². The monoisotopic (exact) mass is 292 g/mol. The predicted molar refractivity (Wildman–Crippen MR) is 80.4 cm³/mol. The fourth-order valence-corrected chi connectivity index (χ4v) is 2.27. The van der Waals surface area contributed by atoms with Crippen molar-refractivity contribution in [2.24, 2.45) is 0 Å². The average Bonchev–Trinajstić information content (AvgIpc) is 2.37. The van der Waals surface area contributed by atoms with Gasteiger partial charge in [0, 0.05) is 18.8 Å². The van der Waals surface area contributed by atoms with E-state index in [4.69, 9.17) is 9.47 Å². The first kappa shape index (κ1) is 15.6. The van der Waals surface area contributed by atoms with Gasteiger partial charge in [0.15, 0.2) is 0 Å². The Kier molecular flexibility index (Phi) is 4.70. The zero-order valence-corrected chi connectivity index (χ0v) is 13.3. The van der Waals surface area contributed by atoms with Crippen molar-refractivity contribution >= 4 is 6.09 Å². The van der Waals surface area contributed by atoms with Crippen LogP contribution < -0.4 is 4.74 Å². The number of ether oxygens (including phenoxy) is 2. The zero-order chi connectivity index (χ0) is 15.5. The number of carbonyl (C=O) groups is 1. The highest BCUT2D eigenvalue weighted by Crippen LogP contribution is 2.19. The van der Waals surface area contributed by atoms with Crippen LogP contribution in [-0.4, -0.2) is 40.8 Å². The van der Waals surface area contributed by atoms with Gasteiger partial charge in [0.25, 0.3) is 0 Å². The van der Waals surface area contributed by atoms with E-state index >= 15 is 0 Å². The molecule has 0 aliphatic carbocycles. The summed E-state index contributed by atoms with van der Waals surface area (Å²) in [6.45, 7) is 8.89. The summed E-state index contributed by atoms with van der Waals surface area (Å²) in [6.07, 6.45) is 3.28. The van der Waals surface area contributed by atoms with Gasteiger partial charge in [0.1, 0.15) is 11.7 Å². The molecule has 5 heteroatoms. The molecule has 1 fully saturated rings. The maximum Gasteiger partial charge on any atom is 0.410 e. The molecule has 21 heavy (non-hydrogen) atoms. The molecule has 2 heterocycles. The minimum absolute atomic E-state index is 0.0273. The summed E-state index contributed by atoms with van der Waals surface area (Å²) in [6, 6.07) is 3.84. The van der Waals surface area contributed by atoms with Gasteiger partial charge >= 0.3 is 6.09 Å². The Morgan fingerprint density at radius 1 is 1.43 bits per heavy atom. The molecule has 1 unspecified atom stereocenters. The highest BCUT2D eigenvalue weighted by Gasteiger charge is 2.28. The van der Waals surface area contributed by atoms with Crippen LogP contribution in [-0.2, 0) is 4.74 Å². The van der Waals surface area contributed by atoms with Crippen LogP contribution in [0.5, 0.6) is 5.88 Å². The Bertz CT molecular complexity index is 497. The summed E-state index contributed by atoms with van der Waals surface area (Å²) in [5.74, 6) is 0.617. The van der Waals surface area contributed by atoms with Crippen LogP contribution in [0.2, 0.25) is 0 Å². The maximum atomic E-state index is 12.1. The molecule has 1 aromatic heterocycles. The number of piperidine rings is 1. The van der Waals surface area contributed by atoms with Crippen molar-refractivity contribution in [2.75, 3.05) is 13.1 Å². The van der Waals surface area contributed by atoms with Crippen molar-refractivity contribution in [3.63, 3.8) is 0 Å². The second kappa shape index (κ2) is 6.33. The van der Waals surface area contributed by atoms with E-state index < -0.39 is 5.60 Å². The largest absolute Gasteiger partial charge is 0.472 e. The van der Waals surface area contributed by atoms with Gasteiger partial charge in [-0.05, 0) is 52.2 Å². The molecule has 0 radical (unpaired) electrons. The average molecular weight is 292 g/mol. The molecule has 5 nitrogen and oxygen atoms in total. The summed E-state index contributed by atoms with van der Waals surface area (Å²) >= 11 is 0. The third-order valence-corrected chi connectivity index (χ3v) is 3.21. The molecule has 116 valence electrons. The molecule has 0 bridgehead atoms. The van der Waals surface area contributed by atoms with E-state index in [2.05, 4.69) is 4.98 Å². The second-order valence-electron chi connectivity index (χ2n) is 6.48. The summed E-state index contributed by atoms with van der Waals surface area (Å²) < 4.78 is 11.3. The van der Waals surface area contributed by atoms with E-state index in [-0.39, 0.29) is 12.2 Å². The van der Waals surface area contributed by atoms with Gasteiger partial charge in [0.2, 0.25) is 5.88 Å². The number of pyridine rings is 1. The lowest BCUT2D eigenvalue weighted by Gasteiger charge is -2.33. The molecule has 0 N–H and O–H groups in total. The lowest BCUT2D eigenvalue weighted by molar-refractivity contribution is 0.00721. The van der Waals surface area contributed by atoms with Crippen molar-refractivity contribution in [1.82, 2.24) is 9.88 Å². The minimum Gasteiger partial charge on any atom is -0.472 e.